The van der Waals surface area contributed by atoms with Crippen molar-refractivity contribution in [1.29, 1.82) is 0 Å². The Hall–Kier alpha value is -0.570. The molecule has 0 unspecified atom stereocenters. The number of nitrogens with two attached hydrogens (primary N) is 1. The molecule has 0 radical (unpaired) electrons. The fourth-order valence-corrected chi connectivity index (χ4v) is 1.08. The summed E-state index contributed by atoms with van der Waals surface area (Å²) in [7, 11) is 0. The molecule has 0 aliphatic heterocycles. The summed E-state index contributed by atoms with van der Waals surface area (Å²) in [6.45, 7) is 0.619. The van der Waals surface area contributed by atoms with Gasteiger partial charge in [-0.3, -0.25) is 4.79 Å². The van der Waals surface area contributed by atoms with Crippen molar-refractivity contribution in [3.63, 3.8) is 0 Å². The topological polar surface area (TPSA) is 63.3 Å². The summed E-state index contributed by atoms with van der Waals surface area (Å²) < 4.78 is 0. The van der Waals surface area contributed by atoms with Crippen LogP contribution in [0, 0.1) is 11.8 Å². The zero-order valence-corrected chi connectivity index (χ0v) is 5.21. The smallest absolute Gasteiger partial charge is 0.306 e. The first-order valence-electron chi connectivity index (χ1n) is 3.18. The van der Waals surface area contributed by atoms with Gasteiger partial charge in [-0.05, 0) is 25.3 Å². The fourth-order valence-electron chi connectivity index (χ4n) is 1.08. The minimum atomic E-state index is -0.659. The lowest BCUT2D eigenvalue weighted by atomic mass is 10.2. The molecular formula is C6H11NO2. The van der Waals surface area contributed by atoms with Crippen LogP contribution in [0.2, 0.25) is 0 Å². The van der Waals surface area contributed by atoms with Gasteiger partial charge in [-0.1, -0.05) is 0 Å². The number of hydrogen-bond donors (Lipinski definition) is 2. The second-order valence-corrected chi connectivity index (χ2v) is 2.52. The molecule has 1 rings (SSSR count). The van der Waals surface area contributed by atoms with Crippen LogP contribution in [0.4, 0.5) is 0 Å². The number of aliphatic carboxylic acids is 1. The lowest BCUT2D eigenvalue weighted by Gasteiger charge is -1.89. The van der Waals surface area contributed by atoms with Crippen molar-refractivity contribution in [1.82, 2.24) is 0 Å². The van der Waals surface area contributed by atoms with E-state index in [2.05, 4.69) is 0 Å². The van der Waals surface area contributed by atoms with Crippen molar-refractivity contribution in [3.8, 4) is 0 Å². The van der Waals surface area contributed by atoms with Crippen LogP contribution in [0.15, 0.2) is 0 Å². The second-order valence-electron chi connectivity index (χ2n) is 2.52. The Morgan fingerprint density at radius 1 is 1.78 bits per heavy atom. The first-order chi connectivity index (χ1) is 4.25. The highest BCUT2D eigenvalue weighted by Crippen LogP contribution is 2.40. The molecule has 0 amide bonds. The van der Waals surface area contributed by atoms with Crippen molar-refractivity contribution in [3.05, 3.63) is 0 Å². The third-order valence-electron chi connectivity index (χ3n) is 1.78. The summed E-state index contributed by atoms with van der Waals surface area (Å²) >= 11 is 0. The molecule has 0 bridgehead atoms. The van der Waals surface area contributed by atoms with Crippen LogP contribution in [0.5, 0.6) is 0 Å². The van der Waals surface area contributed by atoms with Crippen molar-refractivity contribution in [2.45, 2.75) is 12.8 Å². The number of carboxylic acids is 1. The maximum absolute atomic E-state index is 10.2. The molecule has 0 aromatic heterocycles. The monoisotopic (exact) mass is 129 g/mol. The quantitative estimate of drug-likeness (QED) is 0.566. The molecule has 0 spiro atoms. The van der Waals surface area contributed by atoms with Crippen LogP contribution in [-0.2, 0) is 4.79 Å². The molecule has 9 heavy (non-hydrogen) atoms. The number of hydrogen-bond acceptors (Lipinski definition) is 2. The van der Waals surface area contributed by atoms with Crippen molar-refractivity contribution < 1.29 is 9.90 Å². The van der Waals surface area contributed by atoms with Gasteiger partial charge in [0.25, 0.3) is 0 Å². The van der Waals surface area contributed by atoms with E-state index in [4.69, 9.17) is 10.8 Å². The Balaban J connectivity index is 2.17. The number of carbonyl (C=O) groups is 1. The number of rotatable bonds is 3. The molecule has 3 nitrogen and oxygen atoms in total. The zero-order valence-electron chi connectivity index (χ0n) is 5.21. The highest BCUT2D eigenvalue weighted by atomic mass is 16.4. The van der Waals surface area contributed by atoms with Gasteiger partial charge in [0.15, 0.2) is 0 Å². The van der Waals surface area contributed by atoms with Gasteiger partial charge < -0.3 is 10.8 Å². The molecule has 1 aliphatic rings. The van der Waals surface area contributed by atoms with E-state index in [1.165, 1.54) is 0 Å². The summed E-state index contributed by atoms with van der Waals surface area (Å²) in [6.07, 6.45) is 1.71. The van der Waals surface area contributed by atoms with Gasteiger partial charge >= 0.3 is 5.97 Å². The summed E-state index contributed by atoms with van der Waals surface area (Å²) in [6, 6.07) is 0. The number of carboxylic acid groups (broad SMARTS) is 1. The lowest BCUT2D eigenvalue weighted by Crippen LogP contribution is -2.04. The third kappa shape index (κ3) is 1.42. The summed E-state index contributed by atoms with van der Waals surface area (Å²) in [5.41, 5.74) is 5.24. The van der Waals surface area contributed by atoms with Crippen LogP contribution in [0.25, 0.3) is 0 Å². The molecule has 1 saturated carbocycles. The zero-order chi connectivity index (χ0) is 6.85. The Labute approximate surface area is 53.9 Å². The van der Waals surface area contributed by atoms with Crippen LogP contribution in [0.1, 0.15) is 12.8 Å². The minimum absolute atomic E-state index is 0.0754. The SMILES string of the molecule is NCC[C@@H]1C[C@H]1C(=O)O. The second kappa shape index (κ2) is 2.35. The van der Waals surface area contributed by atoms with Gasteiger partial charge in [0, 0.05) is 0 Å². The summed E-state index contributed by atoms with van der Waals surface area (Å²) in [5.74, 6) is -0.352. The molecule has 0 aromatic carbocycles. The molecule has 0 saturated heterocycles. The van der Waals surface area contributed by atoms with Crippen LogP contribution >= 0.6 is 0 Å². The molecule has 0 aromatic rings. The van der Waals surface area contributed by atoms with Crippen LogP contribution < -0.4 is 5.73 Å². The minimum Gasteiger partial charge on any atom is -0.481 e. The van der Waals surface area contributed by atoms with Gasteiger partial charge in [-0.25, -0.2) is 0 Å². The Morgan fingerprint density at radius 2 is 2.44 bits per heavy atom. The highest BCUT2D eigenvalue weighted by Gasteiger charge is 2.41. The van der Waals surface area contributed by atoms with Gasteiger partial charge in [-0.2, -0.15) is 0 Å². The van der Waals surface area contributed by atoms with Gasteiger partial charge in [0.05, 0.1) is 5.92 Å². The molecular weight excluding hydrogens is 118 g/mol. The van der Waals surface area contributed by atoms with Crippen molar-refractivity contribution in [2.24, 2.45) is 17.6 Å². The van der Waals surface area contributed by atoms with Gasteiger partial charge in [0.2, 0.25) is 0 Å². The fraction of sp³-hybridized carbons (Fsp3) is 0.833. The predicted molar refractivity (Wildman–Crippen MR) is 32.9 cm³/mol. The maximum Gasteiger partial charge on any atom is 0.306 e. The largest absolute Gasteiger partial charge is 0.481 e. The Kier molecular flexibility index (Phi) is 1.71. The van der Waals surface area contributed by atoms with E-state index in [1.54, 1.807) is 0 Å². The molecule has 1 aliphatic carbocycles. The summed E-state index contributed by atoms with van der Waals surface area (Å²) in [5, 5.41) is 8.41. The first kappa shape index (κ1) is 6.55. The van der Waals surface area contributed by atoms with E-state index < -0.39 is 5.97 Å². The molecule has 2 atom stereocenters. The molecule has 3 heteroatoms. The average Bonchev–Trinajstić information content (AvgIpc) is 2.47. The predicted octanol–water partition coefficient (Wildman–Crippen LogP) is 0.0559. The maximum atomic E-state index is 10.2. The van der Waals surface area contributed by atoms with E-state index in [-0.39, 0.29) is 5.92 Å². The standard InChI is InChI=1S/C6H11NO2/c7-2-1-4-3-5(4)6(8)9/h4-5H,1-3,7H2,(H,8,9)/t4-,5-/m1/s1. The Morgan fingerprint density at radius 3 is 2.78 bits per heavy atom. The van der Waals surface area contributed by atoms with Gasteiger partial charge in [-0.15, -0.1) is 0 Å². The lowest BCUT2D eigenvalue weighted by molar-refractivity contribution is -0.138. The molecule has 3 N–H and O–H groups in total. The van der Waals surface area contributed by atoms with Crippen molar-refractivity contribution in [2.75, 3.05) is 6.54 Å². The van der Waals surface area contributed by atoms with Crippen LogP contribution in [0.3, 0.4) is 0 Å². The van der Waals surface area contributed by atoms with E-state index in [0.29, 0.717) is 12.5 Å². The normalized spacial score (nSPS) is 32.1. The third-order valence-corrected chi connectivity index (χ3v) is 1.78. The molecule has 52 valence electrons. The molecule has 0 heterocycles. The average molecular weight is 129 g/mol. The first-order valence-corrected chi connectivity index (χ1v) is 3.18. The highest BCUT2D eigenvalue weighted by molar-refractivity contribution is 5.73. The van der Waals surface area contributed by atoms with E-state index in [0.717, 1.165) is 12.8 Å². The van der Waals surface area contributed by atoms with E-state index in [9.17, 15) is 4.79 Å². The van der Waals surface area contributed by atoms with E-state index in [1.807, 2.05) is 0 Å². The van der Waals surface area contributed by atoms with Crippen molar-refractivity contribution >= 4 is 5.97 Å². The van der Waals surface area contributed by atoms with E-state index >= 15 is 0 Å². The Bertz CT molecular complexity index is 124. The van der Waals surface area contributed by atoms with Crippen LogP contribution in [-0.4, -0.2) is 17.6 Å². The summed E-state index contributed by atoms with van der Waals surface area (Å²) in [4.78, 5) is 10.2. The molecule has 1 fully saturated rings. The van der Waals surface area contributed by atoms with Gasteiger partial charge in [0.1, 0.15) is 0 Å².